The number of rotatable bonds is 4. The summed E-state index contributed by atoms with van der Waals surface area (Å²) in [4.78, 5) is 16.3. The second-order valence-electron chi connectivity index (χ2n) is 6.73. The van der Waals surface area contributed by atoms with Crippen molar-refractivity contribution in [3.63, 3.8) is 0 Å². The van der Waals surface area contributed by atoms with Crippen LogP contribution < -0.4 is 14.8 Å². The number of amides is 1. The Kier molecular flexibility index (Phi) is 4.03. The number of benzene rings is 2. The SMILES string of the molecule is CC1(C)Cc2cccc(OCC(=O)Nc3nc4c(F)cccc4s3)c2O1. The van der Waals surface area contributed by atoms with Gasteiger partial charge in [0.25, 0.3) is 5.91 Å². The first-order valence-electron chi connectivity index (χ1n) is 8.20. The molecule has 0 fully saturated rings. The number of hydrogen-bond donors (Lipinski definition) is 1. The maximum atomic E-state index is 13.7. The molecule has 0 aliphatic carbocycles. The zero-order valence-electron chi connectivity index (χ0n) is 14.3. The number of para-hydroxylation sites is 2. The Morgan fingerprint density at radius 2 is 2.15 bits per heavy atom. The second-order valence-corrected chi connectivity index (χ2v) is 7.76. The van der Waals surface area contributed by atoms with Crippen molar-refractivity contribution >= 4 is 32.6 Å². The molecule has 0 saturated heterocycles. The van der Waals surface area contributed by atoms with E-state index in [9.17, 15) is 9.18 Å². The molecule has 1 amide bonds. The van der Waals surface area contributed by atoms with Gasteiger partial charge < -0.3 is 9.47 Å². The summed E-state index contributed by atoms with van der Waals surface area (Å²) in [5.41, 5.74) is 1.04. The van der Waals surface area contributed by atoms with Crippen LogP contribution >= 0.6 is 11.3 Å². The lowest BCUT2D eigenvalue weighted by molar-refractivity contribution is -0.118. The molecule has 2 heterocycles. The predicted octanol–water partition coefficient (Wildman–Crippen LogP) is 4.17. The molecule has 26 heavy (non-hydrogen) atoms. The van der Waals surface area contributed by atoms with Crippen LogP contribution in [-0.4, -0.2) is 23.1 Å². The molecule has 2 aromatic carbocycles. The van der Waals surface area contributed by atoms with E-state index >= 15 is 0 Å². The Morgan fingerprint density at radius 1 is 1.35 bits per heavy atom. The molecule has 5 nitrogen and oxygen atoms in total. The molecular weight excluding hydrogens is 355 g/mol. The van der Waals surface area contributed by atoms with Crippen LogP contribution in [0, 0.1) is 5.82 Å². The van der Waals surface area contributed by atoms with E-state index < -0.39 is 5.82 Å². The number of ether oxygens (including phenoxy) is 2. The third kappa shape index (κ3) is 3.22. The lowest BCUT2D eigenvalue weighted by atomic mass is 10.0. The van der Waals surface area contributed by atoms with E-state index in [0.29, 0.717) is 21.3 Å². The van der Waals surface area contributed by atoms with E-state index in [1.165, 1.54) is 17.4 Å². The molecule has 0 saturated carbocycles. The number of halogens is 1. The molecule has 0 radical (unpaired) electrons. The highest BCUT2D eigenvalue weighted by atomic mass is 32.1. The molecule has 0 atom stereocenters. The van der Waals surface area contributed by atoms with Gasteiger partial charge >= 0.3 is 0 Å². The molecular formula is C19H17FN2O3S. The standard InChI is InChI=1S/C19H17FN2O3S/c1-19(2)9-11-5-3-7-13(17(11)25-19)24-10-15(23)21-18-22-16-12(20)6-4-8-14(16)26-18/h3-8H,9-10H2,1-2H3,(H,21,22,23). The summed E-state index contributed by atoms with van der Waals surface area (Å²) >= 11 is 1.22. The quantitative estimate of drug-likeness (QED) is 0.747. The molecule has 0 unspecified atom stereocenters. The number of aromatic nitrogens is 1. The predicted molar refractivity (Wildman–Crippen MR) is 98.6 cm³/mol. The molecule has 1 aliphatic rings. The van der Waals surface area contributed by atoms with Crippen molar-refractivity contribution in [1.29, 1.82) is 0 Å². The van der Waals surface area contributed by atoms with E-state index in [2.05, 4.69) is 10.3 Å². The maximum Gasteiger partial charge on any atom is 0.264 e. The van der Waals surface area contributed by atoms with Crippen molar-refractivity contribution in [3.05, 3.63) is 47.8 Å². The summed E-state index contributed by atoms with van der Waals surface area (Å²) in [6.45, 7) is 3.84. The van der Waals surface area contributed by atoms with E-state index in [1.807, 2.05) is 26.0 Å². The van der Waals surface area contributed by atoms with Crippen molar-refractivity contribution in [2.75, 3.05) is 11.9 Å². The minimum Gasteiger partial charge on any atom is -0.483 e. The highest BCUT2D eigenvalue weighted by molar-refractivity contribution is 7.22. The molecule has 0 spiro atoms. The lowest BCUT2D eigenvalue weighted by Gasteiger charge is -2.18. The molecule has 134 valence electrons. The fourth-order valence-corrected chi connectivity index (χ4v) is 3.86. The summed E-state index contributed by atoms with van der Waals surface area (Å²) in [6.07, 6.45) is 0.795. The van der Waals surface area contributed by atoms with Crippen LogP contribution in [0.4, 0.5) is 9.52 Å². The van der Waals surface area contributed by atoms with Crippen LogP contribution in [0.3, 0.4) is 0 Å². The van der Waals surface area contributed by atoms with Gasteiger partial charge in [0, 0.05) is 12.0 Å². The third-order valence-electron chi connectivity index (χ3n) is 4.03. The first kappa shape index (κ1) is 16.8. The lowest BCUT2D eigenvalue weighted by Crippen LogP contribution is -2.25. The molecule has 1 aliphatic heterocycles. The monoisotopic (exact) mass is 372 g/mol. The normalized spacial score (nSPS) is 14.7. The topological polar surface area (TPSA) is 60.5 Å². The zero-order chi connectivity index (χ0) is 18.3. The Hall–Kier alpha value is -2.67. The number of thiazole rings is 1. The molecule has 1 N–H and O–H groups in total. The Bertz CT molecular complexity index is 1000. The number of fused-ring (bicyclic) bond motifs is 2. The van der Waals surface area contributed by atoms with Gasteiger partial charge in [-0.2, -0.15) is 0 Å². The average Bonchev–Trinajstić information content (AvgIpc) is 3.12. The van der Waals surface area contributed by atoms with Crippen LogP contribution in [0.2, 0.25) is 0 Å². The first-order chi connectivity index (χ1) is 12.4. The Balaban J connectivity index is 1.43. The van der Waals surface area contributed by atoms with Crippen molar-refractivity contribution in [1.82, 2.24) is 4.98 Å². The summed E-state index contributed by atoms with van der Waals surface area (Å²) in [7, 11) is 0. The number of hydrogen-bond acceptors (Lipinski definition) is 5. The minimum absolute atomic E-state index is 0.182. The van der Waals surface area contributed by atoms with Gasteiger partial charge in [-0.3, -0.25) is 10.1 Å². The van der Waals surface area contributed by atoms with E-state index in [0.717, 1.165) is 12.0 Å². The van der Waals surface area contributed by atoms with Gasteiger partial charge in [-0.1, -0.05) is 29.5 Å². The minimum atomic E-state index is -0.407. The smallest absolute Gasteiger partial charge is 0.264 e. The van der Waals surface area contributed by atoms with Gasteiger partial charge in [0.05, 0.1) is 4.70 Å². The highest BCUT2D eigenvalue weighted by Gasteiger charge is 2.32. The number of nitrogens with one attached hydrogen (secondary N) is 1. The van der Waals surface area contributed by atoms with Crippen LogP contribution in [-0.2, 0) is 11.2 Å². The van der Waals surface area contributed by atoms with Gasteiger partial charge in [0.15, 0.2) is 23.2 Å². The number of carbonyl (C=O) groups is 1. The molecule has 7 heteroatoms. The molecule has 1 aromatic heterocycles. The average molecular weight is 372 g/mol. The van der Waals surface area contributed by atoms with E-state index in [4.69, 9.17) is 9.47 Å². The van der Waals surface area contributed by atoms with Gasteiger partial charge in [0.2, 0.25) is 0 Å². The third-order valence-corrected chi connectivity index (χ3v) is 4.97. The molecule has 0 bridgehead atoms. The Morgan fingerprint density at radius 3 is 2.96 bits per heavy atom. The van der Waals surface area contributed by atoms with E-state index in [1.54, 1.807) is 18.2 Å². The van der Waals surface area contributed by atoms with Gasteiger partial charge in [-0.05, 0) is 32.0 Å². The van der Waals surface area contributed by atoms with Crippen molar-refractivity contribution in [2.45, 2.75) is 25.9 Å². The number of anilines is 1. The first-order valence-corrected chi connectivity index (χ1v) is 9.01. The van der Waals surface area contributed by atoms with Crippen LogP contribution in [0.15, 0.2) is 36.4 Å². The summed E-state index contributed by atoms with van der Waals surface area (Å²) in [6, 6.07) is 10.4. The Labute approximate surface area is 153 Å². The van der Waals surface area contributed by atoms with Gasteiger partial charge in [-0.25, -0.2) is 9.37 Å². The number of nitrogens with zero attached hydrogens (tertiary/aromatic N) is 1. The van der Waals surface area contributed by atoms with Crippen LogP contribution in [0.1, 0.15) is 19.4 Å². The molecule has 3 aromatic rings. The van der Waals surface area contributed by atoms with Crippen molar-refractivity contribution < 1.29 is 18.7 Å². The zero-order valence-corrected chi connectivity index (χ0v) is 15.2. The molecule has 4 rings (SSSR count). The summed E-state index contributed by atoms with van der Waals surface area (Å²) in [5.74, 6) is 0.459. The van der Waals surface area contributed by atoms with Gasteiger partial charge in [-0.15, -0.1) is 0 Å². The maximum absolute atomic E-state index is 13.7. The summed E-state index contributed by atoms with van der Waals surface area (Å²) in [5, 5.41) is 2.99. The summed E-state index contributed by atoms with van der Waals surface area (Å²) < 4.78 is 25.9. The number of carbonyl (C=O) groups excluding carboxylic acids is 1. The van der Waals surface area contributed by atoms with E-state index in [-0.39, 0.29) is 23.6 Å². The van der Waals surface area contributed by atoms with Gasteiger partial charge in [0.1, 0.15) is 16.9 Å². The fraction of sp³-hybridized carbons (Fsp3) is 0.263. The fourth-order valence-electron chi connectivity index (χ4n) is 2.97. The highest BCUT2D eigenvalue weighted by Crippen LogP contribution is 2.41. The van der Waals surface area contributed by atoms with Crippen molar-refractivity contribution in [2.24, 2.45) is 0 Å². The van der Waals surface area contributed by atoms with Crippen LogP contribution in [0.5, 0.6) is 11.5 Å². The largest absolute Gasteiger partial charge is 0.483 e. The second kappa shape index (κ2) is 6.25. The van der Waals surface area contributed by atoms with Crippen molar-refractivity contribution in [3.8, 4) is 11.5 Å². The van der Waals surface area contributed by atoms with Crippen LogP contribution in [0.25, 0.3) is 10.2 Å².